The molecule has 0 amide bonds. The van der Waals surface area contributed by atoms with Crippen molar-refractivity contribution in [3.8, 4) is 0 Å². The SMILES string of the molecule is CN1CCC(COC(c2cccc(Br)c2)c2nc3cc(F)ccc3[nH]2)C1. The van der Waals surface area contributed by atoms with E-state index in [0.29, 0.717) is 23.9 Å². The van der Waals surface area contributed by atoms with Gasteiger partial charge in [-0.2, -0.15) is 0 Å². The van der Waals surface area contributed by atoms with Crippen LogP contribution < -0.4 is 0 Å². The number of imidazole rings is 1. The molecule has 1 aliphatic rings. The molecule has 4 nitrogen and oxygen atoms in total. The molecule has 1 aromatic heterocycles. The Bertz CT molecular complexity index is 913. The lowest BCUT2D eigenvalue weighted by Gasteiger charge is -2.19. The van der Waals surface area contributed by atoms with Gasteiger partial charge in [-0.3, -0.25) is 0 Å². The molecule has 2 aromatic carbocycles. The van der Waals surface area contributed by atoms with Crippen molar-refractivity contribution in [3.05, 3.63) is 64.1 Å². The number of H-pyrrole nitrogens is 1. The number of likely N-dealkylation sites (tertiary alicyclic amines) is 1. The summed E-state index contributed by atoms with van der Waals surface area (Å²) in [5, 5.41) is 0. The molecule has 136 valence electrons. The number of hydrogen-bond donors (Lipinski definition) is 1. The summed E-state index contributed by atoms with van der Waals surface area (Å²) in [6.45, 7) is 2.84. The Hall–Kier alpha value is -1.76. The Labute approximate surface area is 160 Å². The first-order valence-electron chi connectivity index (χ1n) is 8.79. The fraction of sp³-hybridized carbons (Fsp3) is 0.350. The summed E-state index contributed by atoms with van der Waals surface area (Å²) in [5.41, 5.74) is 2.44. The van der Waals surface area contributed by atoms with Crippen molar-refractivity contribution in [2.24, 2.45) is 5.92 Å². The van der Waals surface area contributed by atoms with Gasteiger partial charge < -0.3 is 14.6 Å². The van der Waals surface area contributed by atoms with E-state index in [9.17, 15) is 4.39 Å². The monoisotopic (exact) mass is 417 g/mol. The third kappa shape index (κ3) is 3.82. The van der Waals surface area contributed by atoms with Gasteiger partial charge in [0, 0.05) is 17.1 Å². The van der Waals surface area contributed by atoms with Crippen LogP contribution in [0.2, 0.25) is 0 Å². The van der Waals surface area contributed by atoms with Gasteiger partial charge in [0.05, 0.1) is 17.6 Å². The Kier molecular flexibility index (Phi) is 5.07. The molecule has 0 bridgehead atoms. The average molecular weight is 418 g/mol. The zero-order valence-corrected chi connectivity index (χ0v) is 16.2. The number of rotatable bonds is 5. The van der Waals surface area contributed by atoms with Crippen LogP contribution in [0.25, 0.3) is 11.0 Å². The molecule has 6 heteroatoms. The fourth-order valence-corrected chi connectivity index (χ4v) is 3.94. The minimum Gasteiger partial charge on any atom is -0.365 e. The molecule has 2 atom stereocenters. The Morgan fingerprint density at radius 2 is 2.23 bits per heavy atom. The second-order valence-corrected chi connectivity index (χ2v) is 7.88. The first-order chi connectivity index (χ1) is 12.6. The van der Waals surface area contributed by atoms with Crippen molar-refractivity contribution in [2.45, 2.75) is 12.5 Å². The van der Waals surface area contributed by atoms with E-state index in [1.807, 2.05) is 24.3 Å². The van der Waals surface area contributed by atoms with Crippen LogP contribution in [-0.2, 0) is 4.74 Å². The van der Waals surface area contributed by atoms with Crippen LogP contribution >= 0.6 is 15.9 Å². The fourth-order valence-electron chi connectivity index (χ4n) is 3.52. The van der Waals surface area contributed by atoms with Crippen LogP contribution in [-0.4, -0.2) is 41.6 Å². The van der Waals surface area contributed by atoms with Gasteiger partial charge in [0.1, 0.15) is 17.7 Å². The summed E-state index contributed by atoms with van der Waals surface area (Å²) in [6.07, 6.45) is 0.835. The van der Waals surface area contributed by atoms with E-state index in [1.165, 1.54) is 12.1 Å². The third-order valence-electron chi connectivity index (χ3n) is 4.85. The Morgan fingerprint density at radius 3 is 3.00 bits per heavy atom. The minimum atomic E-state index is -0.311. The number of aromatic nitrogens is 2. The normalized spacial score (nSPS) is 19.3. The second kappa shape index (κ2) is 7.47. The highest BCUT2D eigenvalue weighted by atomic mass is 79.9. The zero-order valence-electron chi connectivity index (χ0n) is 14.6. The lowest BCUT2D eigenvalue weighted by Crippen LogP contribution is -2.19. The Morgan fingerprint density at radius 1 is 1.35 bits per heavy atom. The van der Waals surface area contributed by atoms with E-state index in [2.05, 4.69) is 37.8 Å². The van der Waals surface area contributed by atoms with Crippen LogP contribution in [0.4, 0.5) is 4.39 Å². The average Bonchev–Trinajstić information content (AvgIpc) is 3.21. The van der Waals surface area contributed by atoms with E-state index in [0.717, 1.165) is 35.1 Å². The van der Waals surface area contributed by atoms with Gasteiger partial charge in [-0.05, 0) is 55.8 Å². The smallest absolute Gasteiger partial charge is 0.141 e. The number of halogens is 2. The van der Waals surface area contributed by atoms with Gasteiger partial charge in [0.2, 0.25) is 0 Å². The molecule has 1 N–H and O–H groups in total. The predicted molar refractivity (Wildman–Crippen MR) is 104 cm³/mol. The number of benzene rings is 2. The summed E-state index contributed by atoms with van der Waals surface area (Å²) in [7, 11) is 2.14. The summed E-state index contributed by atoms with van der Waals surface area (Å²) in [4.78, 5) is 10.2. The van der Waals surface area contributed by atoms with Crippen molar-refractivity contribution in [1.82, 2.24) is 14.9 Å². The molecule has 2 heterocycles. The number of fused-ring (bicyclic) bond motifs is 1. The summed E-state index contributed by atoms with van der Waals surface area (Å²) in [6, 6.07) is 12.6. The van der Waals surface area contributed by atoms with Crippen LogP contribution in [0, 0.1) is 11.7 Å². The minimum absolute atomic E-state index is 0.288. The van der Waals surface area contributed by atoms with Crippen molar-refractivity contribution in [1.29, 1.82) is 0 Å². The molecule has 0 saturated carbocycles. The van der Waals surface area contributed by atoms with E-state index in [4.69, 9.17) is 4.74 Å². The van der Waals surface area contributed by atoms with Gasteiger partial charge in [-0.25, -0.2) is 9.37 Å². The van der Waals surface area contributed by atoms with E-state index in [1.54, 1.807) is 6.07 Å². The number of nitrogens with one attached hydrogen (secondary N) is 1. The molecule has 4 rings (SSSR count). The quantitative estimate of drug-likeness (QED) is 0.663. The molecule has 26 heavy (non-hydrogen) atoms. The van der Waals surface area contributed by atoms with Crippen molar-refractivity contribution in [2.75, 3.05) is 26.7 Å². The van der Waals surface area contributed by atoms with Gasteiger partial charge in [0.25, 0.3) is 0 Å². The molecule has 3 aromatic rings. The molecule has 0 spiro atoms. The van der Waals surface area contributed by atoms with Crippen LogP contribution in [0.5, 0.6) is 0 Å². The molecule has 0 radical (unpaired) electrons. The molecule has 1 fully saturated rings. The highest BCUT2D eigenvalue weighted by Crippen LogP contribution is 2.29. The first kappa shape index (κ1) is 17.6. The summed E-state index contributed by atoms with van der Waals surface area (Å²) >= 11 is 3.53. The first-order valence-corrected chi connectivity index (χ1v) is 9.58. The highest BCUT2D eigenvalue weighted by molar-refractivity contribution is 9.10. The summed E-state index contributed by atoms with van der Waals surface area (Å²) < 4.78 is 20.8. The van der Waals surface area contributed by atoms with E-state index in [-0.39, 0.29) is 11.9 Å². The maximum atomic E-state index is 13.5. The number of aromatic amines is 1. The molecule has 0 aliphatic carbocycles. The number of hydrogen-bond acceptors (Lipinski definition) is 3. The van der Waals surface area contributed by atoms with E-state index < -0.39 is 0 Å². The van der Waals surface area contributed by atoms with Crippen LogP contribution in [0.3, 0.4) is 0 Å². The molecule has 1 aliphatic heterocycles. The number of nitrogens with zero attached hydrogens (tertiary/aromatic N) is 2. The lowest BCUT2D eigenvalue weighted by atomic mass is 10.1. The van der Waals surface area contributed by atoms with Gasteiger partial charge in [-0.15, -0.1) is 0 Å². The standard InChI is InChI=1S/C20H21BrFN3O/c1-25-8-7-13(11-25)12-26-19(14-3-2-4-15(21)9-14)20-23-17-6-5-16(22)10-18(17)24-20/h2-6,9-10,13,19H,7-8,11-12H2,1H3,(H,23,24). The maximum absolute atomic E-state index is 13.5. The largest absolute Gasteiger partial charge is 0.365 e. The van der Waals surface area contributed by atoms with Gasteiger partial charge in [0.15, 0.2) is 0 Å². The predicted octanol–water partition coefficient (Wildman–Crippen LogP) is 4.52. The topological polar surface area (TPSA) is 41.1 Å². The molecular formula is C20H21BrFN3O. The molecular weight excluding hydrogens is 397 g/mol. The molecule has 1 saturated heterocycles. The van der Waals surface area contributed by atoms with Crippen LogP contribution in [0.15, 0.2) is 46.9 Å². The molecule has 2 unspecified atom stereocenters. The van der Waals surface area contributed by atoms with Gasteiger partial charge in [-0.1, -0.05) is 28.1 Å². The van der Waals surface area contributed by atoms with Crippen molar-refractivity contribution >= 4 is 27.0 Å². The van der Waals surface area contributed by atoms with Crippen molar-refractivity contribution in [3.63, 3.8) is 0 Å². The lowest BCUT2D eigenvalue weighted by molar-refractivity contribution is 0.0500. The Balaban J connectivity index is 1.64. The second-order valence-electron chi connectivity index (χ2n) is 6.97. The zero-order chi connectivity index (χ0) is 18.1. The van der Waals surface area contributed by atoms with Crippen LogP contribution in [0.1, 0.15) is 23.9 Å². The maximum Gasteiger partial charge on any atom is 0.141 e. The summed E-state index contributed by atoms with van der Waals surface area (Å²) in [5.74, 6) is 0.941. The number of ether oxygens (including phenoxy) is 1. The highest BCUT2D eigenvalue weighted by Gasteiger charge is 2.24. The third-order valence-corrected chi connectivity index (χ3v) is 5.34. The van der Waals surface area contributed by atoms with Gasteiger partial charge >= 0.3 is 0 Å². The van der Waals surface area contributed by atoms with E-state index >= 15 is 0 Å². The van der Waals surface area contributed by atoms with Crippen molar-refractivity contribution < 1.29 is 9.13 Å².